The molecule has 3 rings (SSSR count). The summed E-state index contributed by atoms with van der Waals surface area (Å²) in [7, 11) is 1.46. The Bertz CT molecular complexity index is 723. The first-order valence-electron chi connectivity index (χ1n) is 5.73. The second kappa shape index (κ2) is 3.98. The fraction of sp³-hybridized carbons (Fsp3) is 0.143. The molecule has 94 valence electrons. The van der Waals surface area contributed by atoms with Gasteiger partial charge in [0, 0.05) is 12.3 Å². The highest BCUT2D eigenvalue weighted by Gasteiger charge is 2.33. The van der Waals surface area contributed by atoms with Gasteiger partial charge in [-0.15, -0.1) is 0 Å². The first-order valence-corrected chi connectivity index (χ1v) is 5.73. The molecule has 0 N–H and O–H groups in total. The molecule has 0 amide bonds. The predicted molar refractivity (Wildman–Crippen MR) is 66.6 cm³/mol. The van der Waals surface area contributed by atoms with E-state index in [1.807, 2.05) is 0 Å². The summed E-state index contributed by atoms with van der Waals surface area (Å²) < 4.78 is 4.99. The number of rotatable bonds is 1. The largest absolute Gasteiger partial charge is 0.481 e. The second-order valence-electron chi connectivity index (χ2n) is 4.26. The Hall–Kier alpha value is -2.56. The quantitative estimate of drug-likeness (QED) is 0.659. The van der Waals surface area contributed by atoms with Crippen LogP contribution >= 0.6 is 0 Å². The van der Waals surface area contributed by atoms with Gasteiger partial charge < -0.3 is 4.74 Å². The summed E-state index contributed by atoms with van der Waals surface area (Å²) in [6.45, 7) is 1.77. The lowest BCUT2D eigenvalue weighted by Gasteiger charge is -2.17. The van der Waals surface area contributed by atoms with E-state index in [1.165, 1.54) is 13.3 Å². The minimum Gasteiger partial charge on any atom is -0.481 e. The molecule has 2 aromatic heterocycles. The van der Waals surface area contributed by atoms with Crippen LogP contribution < -0.4 is 4.74 Å². The monoisotopic (exact) mass is 254 g/mol. The summed E-state index contributed by atoms with van der Waals surface area (Å²) in [6, 6.07) is 4.81. The van der Waals surface area contributed by atoms with Crippen molar-refractivity contribution in [2.75, 3.05) is 7.11 Å². The van der Waals surface area contributed by atoms with Crippen LogP contribution in [0.4, 0.5) is 0 Å². The molecular formula is C14H10N2O3. The first kappa shape index (κ1) is 11.5. The Labute approximate surface area is 109 Å². The van der Waals surface area contributed by atoms with Gasteiger partial charge in [-0.05, 0) is 24.6 Å². The molecule has 0 saturated heterocycles. The van der Waals surface area contributed by atoms with Gasteiger partial charge in [0.1, 0.15) is 11.4 Å². The van der Waals surface area contributed by atoms with Gasteiger partial charge in [0.15, 0.2) is 0 Å². The lowest BCUT2D eigenvalue weighted by Crippen LogP contribution is -2.24. The van der Waals surface area contributed by atoms with Gasteiger partial charge >= 0.3 is 0 Å². The normalized spacial score (nSPS) is 12.9. The molecule has 0 atom stereocenters. The van der Waals surface area contributed by atoms with E-state index in [1.54, 1.807) is 25.1 Å². The summed E-state index contributed by atoms with van der Waals surface area (Å²) >= 11 is 0. The van der Waals surface area contributed by atoms with Gasteiger partial charge in [-0.25, -0.2) is 4.98 Å². The van der Waals surface area contributed by atoms with Gasteiger partial charge in [-0.3, -0.25) is 14.6 Å². The second-order valence-corrected chi connectivity index (χ2v) is 4.26. The minimum absolute atomic E-state index is 0.132. The van der Waals surface area contributed by atoms with Gasteiger partial charge in [-0.2, -0.15) is 0 Å². The minimum atomic E-state index is -0.283. The van der Waals surface area contributed by atoms with Crippen LogP contribution in [0.5, 0.6) is 5.88 Å². The highest BCUT2D eigenvalue weighted by Crippen LogP contribution is 2.28. The van der Waals surface area contributed by atoms with Crippen LogP contribution in [-0.4, -0.2) is 28.6 Å². The van der Waals surface area contributed by atoms with E-state index in [4.69, 9.17) is 4.74 Å². The molecule has 1 aliphatic rings. The maximum atomic E-state index is 12.4. The van der Waals surface area contributed by atoms with Crippen LogP contribution in [0.15, 0.2) is 24.4 Å². The third-order valence-corrected chi connectivity index (χ3v) is 3.14. The maximum absolute atomic E-state index is 12.4. The molecule has 0 spiro atoms. The van der Waals surface area contributed by atoms with Crippen molar-refractivity contribution in [1.29, 1.82) is 0 Å². The van der Waals surface area contributed by atoms with Crippen molar-refractivity contribution in [1.82, 2.24) is 9.97 Å². The van der Waals surface area contributed by atoms with Crippen LogP contribution in [0, 0.1) is 6.92 Å². The van der Waals surface area contributed by atoms with Crippen molar-refractivity contribution in [3.8, 4) is 5.88 Å². The number of fused-ring (bicyclic) bond motifs is 2. The lowest BCUT2D eigenvalue weighted by molar-refractivity contribution is 0.0970. The maximum Gasteiger partial charge on any atom is 0.214 e. The number of aryl methyl sites for hydroxylation is 1. The summed E-state index contributed by atoms with van der Waals surface area (Å²) in [6.07, 6.45) is 1.53. The lowest BCUT2D eigenvalue weighted by atomic mass is 9.88. The van der Waals surface area contributed by atoms with Crippen LogP contribution in [0.25, 0.3) is 0 Å². The standard InChI is InChI=1S/C14H10N2O3/c1-7-5-6-15-12-10(7)14(18)11-8(13(12)17)3-4-9(16-11)19-2/h3-6H,1-2H3. The molecule has 5 nitrogen and oxygen atoms in total. The van der Waals surface area contributed by atoms with E-state index in [2.05, 4.69) is 9.97 Å². The summed E-state index contributed by atoms with van der Waals surface area (Å²) in [4.78, 5) is 32.8. The van der Waals surface area contributed by atoms with E-state index < -0.39 is 0 Å². The zero-order valence-corrected chi connectivity index (χ0v) is 10.4. The predicted octanol–water partition coefficient (Wildman–Crippen LogP) is 1.57. The van der Waals surface area contributed by atoms with E-state index in [-0.39, 0.29) is 28.5 Å². The summed E-state index contributed by atoms with van der Waals surface area (Å²) in [5, 5.41) is 0. The number of hydrogen-bond acceptors (Lipinski definition) is 5. The van der Waals surface area contributed by atoms with E-state index in [0.717, 1.165) is 5.56 Å². The topological polar surface area (TPSA) is 69.2 Å². The first-order chi connectivity index (χ1) is 9.13. The van der Waals surface area contributed by atoms with Gasteiger partial charge in [-0.1, -0.05) is 0 Å². The number of nitrogens with zero attached hydrogens (tertiary/aromatic N) is 2. The van der Waals surface area contributed by atoms with E-state index in [0.29, 0.717) is 11.4 Å². The smallest absolute Gasteiger partial charge is 0.214 e. The van der Waals surface area contributed by atoms with Crippen molar-refractivity contribution in [3.63, 3.8) is 0 Å². The van der Waals surface area contributed by atoms with Gasteiger partial charge in [0.05, 0.1) is 18.2 Å². The average Bonchev–Trinajstić information content (AvgIpc) is 2.44. The number of ether oxygens (including phenoxy) is 1. The molecule has 0 unspecified atom stereocenters. The highest BCUT2D eigenvalue weighted by atomic mass is 16.5. The van der Waals surface area contributed by atoms with Gasteiger partial charge in [0.2, 0.25) is 17.4 Å². The molecule has 5 heteroatoms. The molecular weight excluding hydrogens is 244 g/mol. The fourth-order valence-corrected chi connectivity index (χ4v) is 2.17. The van der Waals surface area contributed by atoms with Crippen molar-refractivity contribution in [2.24, 2.45) is 0 Å². The van der Waals surface area contributed by atoms with Crippen LogP contribution in [0.3, 0.4) is 0 Å². The number of carbonyl (C=O) groups is 2. The number of hydrogen-bond donors (Lipinski definition) is 0. The average molecular weight is 254 g/mol. The molecule has 19 heavy (non-hydrogen) atoms. The van der Waals surface area contributed by atoms with Crippen LogP contribution in [0.2, 0.25) is 0 Å². The molecule has 0 saturated carbocycles. The Morgan fingerprint density at radius 3 is 2.58 bits per heavy atom. The van der Waals surface area contributed by atoms with Gasteiger partial charge in [0.25, 0.3) is 0 Å². The molecule has 1 aliphatic carbocycles. The van der Waals surface area contributed by atoms with Crippen molar-refractivity contribution in [3.05, 3.63) is 52.5 Å². The number of carbonyl (C=O) groups excluding carboxylic acids is 2. The van der Waals surface area contributed by atoms with Crippen LogP contribution in [-0.2, 0) is 0 Å². The molecule has 0 aliphatic heterocycles. The molecule has 0 radical (unpaired) electrons. The Morgan fingerprint density at radius 2 is 1.84 bits per heavy atom. The van der Waals surface area contributed by atoms with Crippen molar-refractivity contribution < 1.29 is 14.3 Å². The number of pyridine rings is 2. The Kier molecular flexibility index (Phi) is 2.41. The molecule has 0 aromatic carbocycles. The highest BCUT2D eigenvalue weighted by molar-refractivity contribution is 6.27. The fourth-order valence-electron chi connectivity index (χ4n) is 2.17. The zero-order valence-electron chi connectivity index (χ0n) is 10.4. The summed E-state index contributed by atoms with van der Waals surface area (Å²) in [5.74, 6) is -0.248. The number of methoxy groups -OCH3 is 1. The molecule has 0 bridgehead atoms. The zero-order chi connectivity index (χ0) is 13.6. The Balaban J connectivity index is 2.30. The SMILES string of the molecule is COc1ccc2c(n1)C(=O)c1c(C)ccnc1C2=O. The summed E-state index contributed by atoms with van der Waals surface area (Å²) in [5.41, 5.74) is 1.66. The third-order valence-electron chi connectivity index (χ3n) is 3.14. The Morgan fingerprint density at radius 1 is 1.05 bits per heavy atom. The van der Waals surface area contributed by atoms with Crippen LogP contribution in [0.1, 0.15) is 37.7 Å². The van der Waals surface area contributed by atoms with E-state index >= 15 is 0 Å². The number of aromatic nitrogens is 2. The molecule has 2 heterocycles. The van der Waals surface area contributed by atoms with E-state index in [9.17, 15) is 9.59 Å². The number of ketones is 2. The third kappa shape index (κ3) is 1.55. The molecule has 0 fully saturated rings. The molecule has 2 aromatic rings. The van der Waals surface area contributed by atoms with Crippen molar-refractivity contribution in [2.45, 2.75) is 6.92 Å². The van der Waals surface area contributed by atoms with Crippen molar-refractivity contribution >= 4 is 11.6 Å².